The minimum atomic E-state index is -4.20. The van der Waals surface area contributed by atoms with E-state index in [4.69, 9.17) is 16.3 Å². The lowest BCUT2D eigenvalue weighted by Crippen LogP contribution is -2.51. The molecule has 0 aliphatic carbocycles. The largest absolute Gasteiger partial charge is 0.495 e. The highest BCUT2D eigenvalue weighted by Crippen LogP contribution is 2.32. The number of nitrogens with zero attached hydrogens (tertiary/aromatic N) is 2. The van der Waals surface area contributed by atoms with Crippen molar-refractivity contribution in [1.29, 1.82) is 0 Å². The molecular formula is C31H38ClN3O5S. The molecule has 0 aliphatic heterocycles. The van der Waals surface area contributed by atoms with Crippen LogP contribution < -0.4 is 14.4 Å². The molecule has 0 aromatic heterocycles. The lowest BCUT2D eigenvalue weighted by atomic mass is 10.1. The van der Waals surface area contributed by atoms with Crippen LogP contribution in [0.4, 0.5) is 5.69 Å². The summed E-state index contributed by atoms with van der Waals surface area (Å²) in [4.78, 5) is 28.6. The average Bonchev–Trinajstić information content (AvgIpc) is 2.93. The Hall–Kier alpha value is -3.56. The third-order valence-corrected chi connectivity index (χ3v) is 8.68. The van der Waals surface area contributed by atoms with E-state index in [1.165, 1.54) is 36.3 Å². The second-order valence-electron chi connectivity index (χ2n) is 10.5. The Bertz CT molecular complexity index is 1480. The van der Waals surface area contributed by atoms with Gasteiger partial charge in [0.1, 0.15) is 18.3 Å². The van der Waals surface area contributed by atoms with Crippen LogP contribution in [0, 0.1) is 19.8 Å². The van der Waals surface area contributed by atoms with E-state index in [1.807, 2.05) is 52.0 Å². The van der Waals surface area contributed by atoms with Crippen LogP contribution in [0.1, 0.15) is 37.5 Å². The van der Waals surface area contributed by atoms with Gasteiger partial charge in [0.05, 0.1) is 22.7 Å². The predicted octanol–water partition coefficient (Wildman–Crippen LogP) is 5.35. The summed E-state index contributed by atoms with van der Waals surface area (Å²) >= 11 is 6.37. The smallest absolute Gasteiger partial charge is 0.264 e. The van der Waals surface area contributed by atoms with Crippen molar-refractivity contribution in [3.63, 3.8) is 0 Å². The van der Waals surface area contributed by atoms with E-state index in [1.54, 1.807) is 25.1 Å². The Labute approximate surface area is 248 Å². The third kappa shape index (κ3) is 8.24. The lowest BCUT2D eigenvalue weighted by molar-refractivity contribution is -0.139. The van der Waals surface area contributed by atoms with Gasteiger partial charge in [-0.25, -0.2) is 8.42 Å². The fourth-order valence-electron chi connectivity index (χ4n) is 4.22. The maximum atomic E-state index is 14.0. The van der Waals surface area contributed by atoms with Crippen molar-refractivity contribution in [3.8, 4) is 5.75 Å². The van der Waals surface area contributed by atoms with Crippen molar-refractivity contribution >= 4 is 39.1 Å². The number of amides is 2. The Balaban J connectivity index is 2.05. The van der Waals surface area contributed by atoms with Crippen molar-refractivity contribution in [2.24, 2.45) is 5.92 Å². The maximum absolute atomic E-state index is 14.0. The van der Waals surface area contributed by atoms with Gasteiger partial charge in [0.15, 0.2) is 0 Å². The Morgan fingerprint density at radius 2 is 1.63 bits per heavy atom. The number of benzene rings is 3. The third-order valence-electron chi connectivity index (χ3n) is 6.60. The number of anilines is 1. The van der Waals surface area contributed by atoms with Crippen molar-refractivity contribution in [2.75, 3.05) is 24.5 Å². The fourth-order valence-corrected chi connectivity index (χ4v) is 5.88. The topological polar surface area (TPSA) is 96.0 Å². The van der Waals surface area contributed by atoms with E-state index in [-0.39, 0.29) is 34.0 Å². The van der Waals surface area contributed by atoms with Gasteiger partial charge in [-0.2, -0.15) is 0 Å². The van der Waals surface area contributed by atoms with Crippen molar-refractivity contribution in [1.82, 2.24) is 10.2 Å². The number of hydrogen-bond donors (Lipinski definition) is 1. The first kappa shape index (κ1) is 32.0. The molecule has 0 saturated carbocycles. The Morgan fingerprint density at radius 3 is 2.22 bits per heavy atom. The molecule has 3 aromatic rings. The van der Waals surface area contributed by atoms with Crippen LogP contribution in [0.5, 0.6) is 5.75 Å². The number of aryl methyl sites for hydroxylation is 2. The molecule has 0 aliphatic rings. The summed E-state index contributed by atoms with van der Waals surface area (Å²) in [5.74, 6) is -0.269. The van der Waals surface area contributed by atoms with E-state index in [2.05, 4.69) is 5.32 Å². The molecule has 2 amide bonds. The average molecular weight is 600 g/mol. The van der Waals surface area contributed by atoms with E-state index in [9.17, 15) is 18.0 Å². The number of ether oxygens (including phenoxy) is 1. The van der Waals surface area contributed by atoms with Crippen molar-refractivity contribution in [2.45, 2.75) is 52.1 Å². The van der Waals surface area contributed by atoms with Crippen LogP contribution in [0.2, 0.25) is 5.02 Å². The highest BCUT2D eigenvalue weighted by Gasteiger charge is 2.33. The number of hydrogen-bond acceptors (Lipinski definition) is 5. The fraction of sp³-hybridized carbons (Fsp3) is 0.355. The molecule has 0 bridgehead atoms. The summed E-state index contributed by atoms with van der Waals surface area (Å²) in [6, 6.07) is 17.7. The van der Waals surface area contributed by atoms with Gasteiger partial charge in [0.2, 0.25) is 11.8 Å². The molecule has 0 spiro atoms. The molecule has 0 radical (unpaired) electrons. The second kappa shape index (κ2) is 13.9. The highest BCUT2D eigenvalue weighted by atomic mass is 35.5. The van der Waals surface area contributed by atoms with Gasteiger partial charge in [-0.15, -0.1) is 0 Å². The molecule has 41 heavy (non-hydrogen) atoms. The summed E-state index contributed by atoms with van der Waals surface area (Å²) in [7, 11) is -2.74. The first-order valence-electron chi connectivity index (χ1n) is 13.4. The maximum Gasteiger partial charge on any atom is 0.264 e. The lowest BCUT2D eigenvalue weighted by Gasteiger charge is -2.32. The van der Waals surface area contributed by atoms with Gasteiger partial charge < -0.3 is 15.0 Å². The molecule has 1 N–H and O–H groups in total. The molecule has 8 nitrogen and oxygen atoms in total. The molecule has 3 rings (SSSR count). The molecule has 10 heteroatoms. The van der Waals surface area contributed by atoms with Crippen LogP contribution in [0.15, 0.2) is 71.6 Å². The van der Waals surface area contributed by atoms with Gasteiger partial charge in [0, 0.05) is 13.1 Å². The minimum Gasteiger partial charge on any atom is -0.495 e. The predicted molar refractivity (Wildman–Crippen MR) is 163 cm³/mol. The summed E-state index contributed by atoms with van der Waals surface area (Å²) in [5, 5.41) is 3.08. The molecular weight excluding hydrogens is 562 g/mol. The Morgan fingerprint density at radius 1 is 0.951 bits per heavy atom. The molecule has 3 aromatic carbocycles. The quantitative estimate of drug-likeness (QED) is 0.303. The number of methoxy groups -OCH3 is 1. The van der Waals surface area contributed by atoms with Gasteiger partial charge in [-0.1, -0.05) is 73.0 Å². The molecule has 0 saturated heterocycles. The SMILES string of the molecule is COc1ccc(N(CC(=O)N(Cc2cccc(C)c2)[C@H](C)C(=O)NCC(C)C)S(=O)(=O)c2ccc(C)cc2)cc1Cl. The van der Waals surface area contributed by atoms with Crippen molar-refractivity contribution in [3.05, 3.63) is 88.4 Å². The van der Waals surface area contributed by atoms with Crippen LogP contribution in [0.25, 0.3) is 0 Å². The standard InChI is InChI=1S/C31H38ClN3O5S/c1-21(2)18-33-31(37)24(5)34(19-25-9-7-8-23(4)16-25)30(36)20-35(26-12-15-29(40-6)28(32)17-26)41(38,39)27-13-10-22(3)11-14-27/h7-17,21,24H,18-20H2,1-6H3,(H,33,37)/t24-/m1/s1. The van der Waals surface area contributed by atoms with Crippen LogP contribution in [-0.4, -0.2) is 51.4 Å². The number of nitrogens with one attached hydrogen (secondary N) is 1. The van der Waals surface area contributed by atoms with Gasteiger partial charge in [-0.05, 0) is 62.6 Å². The number of rotatable bonds is 12. The number of sulfonamides is 1. The zero-order valence-corrected chi connectivity index (χ0v) is 25.9. The molecule has 0 unspecified atom stereocenters. The van der Waals surface area contributed by atoms with Crippen LogP contribution in [0.3, 0.4) is 0 Å². The summed E-state index contributed by atoms with van der Waals surface area (Å²) in [5.41, 5.74) is 2.91. The van der Waals surface area contributed by atoms with Gasteiger partial charge >= 0.3 is 0 Å². The first-order valence-corrected chi connectivity index (χ1v) is 15.2. The van der Waals surface area contributed by atoms with Crippen LogP contribution in [-0.2, 0) is 26.2 Å². The van der Waals surface area contributed by atoms with Crippen molar-refractivity contribution < 1.29 is 22.7 Å². The monoisotopic (exact) mass is 599 g/mol. The van der Waals surface area contributed by atoms with Crippen LogP contribution >= 0.6 is 11.6 Å². The molecule has 0 fully saturated rings. The number of carbonyl (C=O) groups is 2. The molecule has 220 valence electrons. The zero-order valence-electron chi connectivity index (χ0n) is 24.3. The highest BCUT2D eigenvalue weighted by molar-refractivity contribution is 7.92. The van der Waals surface area contributed by atoms with E-state index in [0.717, 1.165) is 21.0 Å². The van der Waals surface area contributed by atoms with Gasteiger partial charge in [0.25, 0.3) is 10.0 Å². The van der Waals surface area contributed by atoms with E-state index in [0.29, 0.717) is 12.3 Å². The second-order valence-corrected chi connectivity index (χ2v) is 12.7. The molecule has 0 heterocycles. The summed E-state index contributed by atoms with van der Waals surface area (Å²) in [6.07, 6.45) is 0. The van der Waals surface area contributed by atoms with E-state index < -0.39 is 28.5 Å². The minimum absolute atomic E-state index is 0.0239. The Kier molecular flexibility index (Phi) is 10.8. The summed E-state index contributed by atoms with van der Waals surface area (Å²) in [6.45, 7) is 9.43. The first-order chi connectivity index (χ1) is 19.3. The summed E-state index contributed by atoms with van der Waals surface area (Å²) < 4.78 is 34.2. The normalized spacial score (nSPS) is 12.1. The van der Waals surface area contributed by atoms with E-state index >= 15 is 0 Å². The number of carbonyl (C=O) groups excluding carboxylic acids is 2. The molecule has 1 atom stereocenters. The zero-order chi connectivity index (χ0) is 30.3. The number of halogens is 1. The van der Waals surface area contributed by atoms with Gasteiger partial charge in [-0.3, -0.25) is 13.9 Å².